The third kappa shape index (κ3) is 2.52. The van der Waals surface area contributed by atoms with Crippen molar-refractivity contribution in [3.8, 4) is 0 Å². The van der Waals surface area contributed by atoms with Crippen LogP contribution in [0.2, 0.25) is 0 Å². The van der Waals surface area contributed by atoms with Crippen LogP contribution in [-0.2, 0) is 18.9 Å². The average molecular weight is 266 g/mol. The van der Waals surface area contributed by atoms with Crippen LogP contribution in [0.25, 0.3) is 12.2 Å². The average Bonchev–Trinajstić information content (AvgIpc) is 3.08. The molecule has 1 fully saturated rings. The molecule has 0 aromatic carbocycles. The molecule has 1 aliphatic carbocycles. The van der Waals surface area contributed by atoms with Gasteiger partial charge in [0.15, 0.2) is 5.78 Å². The zero-order chi connectivity index (χ0) is 14.1. The Morgan fingerprint density at radius 1 is 0.900 bits per heavy atom. The van der Waals surface area contributed by atoms with E-state index in [-0.39, 0.29) is 5.78 Å². The Labute approximate surface area is 118 Å². The number of hydrogen-bond acceptors (Lipinski definition) is 1. The van der Waals surface area contributed by atoms with E-state index in [9.17, 15) is 4.79 Å². The summed E-state index contributed by atoms with van der Waals surface area (Å²) in [6, 6.07) is 4.05. The lowest BCUT2D eigenvalue weighted by Gasteiger charge is -1.94. The smallest absolute Gasteiger partial charge is 0.185 e. The molecule has 0 bridgehead atoms. The van der Waals surface area contributed by atoms with Crippen molar-refractivity contribution in [3.63, 3.8) is 0 Å². The molecular weight excluding hydrogens is 248 g/mol. The van der Waals surface area contributed by atoms with Gasteiger partial charge in [-0.2, -0.15) is 0 Å². The molecule has 2 aromatic heterocycles. The van der Waals surface area contributed by atoms with Crippen LogP contribution in [-0.4, -0.2) is 14.9 Å². The molecule has 3 heteroatoms. The molecule has 0 radical (unpaired) electrons. The molecule has 102 valence electrons. The Kier molecular flexibility index (Phi) is 3.18. The summed E-state index contributed by atoms with van der Waals surface area (Å²) in [7, 11) is 3.97. The van der Waals surface area contributed by atoms with Crippen molar-refractivity contribution in [2.24, 2.45) is 14.1 Å². The highest BCUT2D eigenvalue weighted by molar-refractivity contribution is 6.15. The maximum absolute atomic E-state index is 12.4. The van der Waals surface area contributed by atoms with E-state index in [1.807, 2.05) is 72.3 Å². The summed E-state index contributed by atoms with van der Waals surface area (Å²) in [5.74, 6) is 0.192. The summed E-state index contributed by atoms with van der Waals surface area (Å²) in [6.45, 7) is 0. The first-order chi connectivity index (χ1) is 9.61. The third-order valence-corrected chi connectivity index (χ3v) is 3.64. The highest BCUT2D eigenvalue weighted by Gasteiger charge is 2.22. The number of Topliss-reactive ketones (excluding diaryl/α,β-unsaturated/α-hetero) is 1. The van der Waals surface area contributed by atoms with E-state index >= 15 is 0 Å². The minimum atomic E-state index is 0.192. The highest BCUT2D eigenvalue weighted by atomic mass is 16.1. The lowest BCUT2D eigenvalue weighted by molar-refractivity contribution is -0.111. The van der Waals surface area contributed by atoms with E-state index < -0.39 is 0 Å². The maximum Gasteiger partial charge on any atom is 0.185 e. The van der Waals surface area contributed by atoms with E-state index in [2.05, 4.69) is 0 Å². The van der Waals surface area contributed by atoms with Crippen molar-refractivity contribution < 1.29 is 4.79 Å². The van der Waals surface area contributed by atoms with E-state index in [1.54, 1.807) is 0 Å². The molecular formula is C17H18N2O. The van der Waals surface area contributed by atoms with Crippen molar-refractivity contribution in [2.75, 3.05) is 0 Å². The minimum absolute atomic E-state index is 0.192. The zero-order valence-electron chi connectivity index (χ0n) is 11.8. The van der Waals surface area contributed by atoms with Gasteiger partial charge in [-0.25, -0.2) is 0 Å². The van der Waals surface area contributed by atoms with Crippen LogP contribution in [0.5, 0.6) is 0 Å². The number of allylic oxidation sites excluding steroid dienone is 2. The van der Waals surface area contributed by atoms with Gasteiger partial charge in [0, 0.05) is 50.0 Å². The van der Waals surface area contributed by atoms with Gasteiger partial charge in [0.25, 0.3) is 0 Å². The van der Waals surface area contributed by atoms with Crippen LogP contribution >= 0.6 is 0 Å². The zero-order valence-corrected chi connectivity index (χ0v) is 11.8. The number of hydrogen-bond donors (Lipinski definition) is 0. The fourth-order valence-electron chi connectivity index (χ4n) is 2.60. The largest absolute Gasteiger partial charge is 0.357 e. The molecule has 20 heavy (non-hydrogen) atoms. The summed E-state index contributed by atoms with van der Waals surface area (Å²) in [5.41, 5.74) is 4.02. The summed E-state index contributed by atoms with van der Waals surface area (Å²) >= 11 is 0. The Hall–Kier alpha value is -2.29. The number of aryl methyl sites for hydroxylation is 2. The normalized spacial score (nSPS) is 19.4. The number of aromatic nitrogens is 2. The molecule has 3 rings (SSSR count). The lowest BCUT2D eigenvalue weighted by atomic mass is 10.1. The predicted molar refractivity (Wildman–Crippen MR) is 81.0 cm³/mol. The van der Waals surface area contributed by atoms with Gasteiger partial charge in [-0.15, -0.1) is 0 Å². The van der Waals surface area contributed by atoms with Crippen molar-refractivity contribution in [2.45, 2.75) is 12.8 Å². The first-order valence-electron chi connectivity index (χ1n) is 6.81. The molecule has 2 heterocycles. The predicted octanol–water partition coefficient (Wildman–Crippen LogP) is 3.19. The minimum Gasteiger partial charge on any atom is -0.357 e. The van der Waals surface area contributed by atoms with Crippen molar-refractivity contribution in [1.29, 1.82) is 0 Å². The van der Waals surface area contributed by atoms with E-state index in [4.69, 9.17) is 0 Å². The van der Waals surface area contributed by atoms with Crippen molar-refractivity contribution >= 4 is 17.9 Å². The first kappa shape index (κ1) is 12.7. The van der Waals surface area contributed by atoms with E-state index in [1.165, 1.54) is 0 Å². The molecule has 0 amide bonds. The van der Waals surface area contributed by atoms with Gasteiger partial charge in [-0.3, -0.25) is 4.79 Å². The second-order valence-corrected chi connectivity index (χ2v) is 5.39. The summed E-state index contributed by atoms with van der Waals surface area (Å²) < 4.78 is 3.99. The molecule has 0 N–H and O–H groups in total. The monoisotopic (exact) mass is 266 g/mol. The van der Waals surface area contributed by atoms with Crippen LogP contribution < -0.4 is 0 Å². The van der Waals surface area contributed by atoms with Crippen LogP contribution in [0.4, 0.5) is 0 Å². The lowest BCUT2D eigenvalue weighted by Crippen LogP contribution is -1.95. The Bertz CT molecular complexity index is 653. The Morgan fingerprint density at radius 2 is 1.35 bits per heavy atom. The molecule has 1 aliphatic rings. The molecule has 0 saturated heterocycles. The van der Waals surface area contributed by atoms with Crippen molar-refractivity contribution in [3.05, 3.63) is 59.2 Å². The van der Waals surface area contributed by atoms with Crippen molar-refractivity contribution in [1.82, 2.24) is 9.13 Å². The van der Waals surface area contributed by atoms with Crippen LogP contribution in [0.1, 0.15) is 24.0 Å². The topological polar surface area (TPSA) is 26.9 Å². The number of nitrogens with zero attached hydrogens (tertiary/aromatic N) is 2. The van der Waals surface area contributed by atoms with E-state index in [0.29, 0.717) is 0 Å². The second-order valence-electron chi connectivity index (χ2n) is 5.39. The SMILES string of the molecule is Cn1ccc(/C=C2\CC/C(=C\c3ccn(C)c3)C2=O)c1. The van der Waals surface area contributed by atoms with Gasteiger partial charge in [-0.1, -0.05) is 0 Å². The Balaban J connectivity index is 1.84. The van der Waals surface area contributed by atoms with Gasteiger partial charge in [0.1, 0.15) is 0 Å². The van der Waals surface area contributed by atoms with Crippen LogP contribution in [0.15, 0.2) is 48.1 Å². The standard InChI is InChI=1S/C17H18N2O/c1-18-7-5-13(11-18)9-15-3-4-16(17(15)20)10-14-6-8-19(2)12-14/h5-12H,3-4H2,1-2H3/b15-9+,16-10+. The van der Waals surface area contributed by atoms with Gasteiger partial charge >= 0.3 is 0 Å². The van der Waals surface area contributed by atoms with Gasteiger partial charge in [-0.05, 0) is 48.3 Å². The number of ketones is 1. The molecule has 0 aliphatic heterocycles. The quantitative estimate of drug-likeness (QED) is 0.767. The summed E-state index contributed by atoms with van der Waals surface area (Å²) in [5, 5.41) is 0. The third-order valence-electron chi connectivity index (χ3n) is 3.64. The highest BCUT2D eigenvalue weighted by Crippen LogP contribution is 2.29. The fraction of sp³-hybridized carbons (Fsp3) is 0.235. The first-order valence-corrected chi connectivity index (χ1v) is 6.81. The molecule has 0 atom stereocenters. The van der Waals surface area contributed by atoms with Crippen LogP contribution in [0, 0.1) is 0 Å². The van der Waals surface area contributed by atoms with Gasteiger partial charge < -0.3 is 9.13 Å². The van der Waals surface area contributed by atoms with Gasteiger partial charge in [0.05, 0.1) is 0 Å². The summed E-state index contributed by atoms with van der Waals surface area (Å²) in [4.78, 5) is 12.4. The molecule has 1 saturated carbocycles. The molecule has 0 unspecified atom stereocenters. The Morgan fingerprint density at radius 3 is 1.70 bits per heavy atom. The number of rotatable bonds is 2. The fourth-order valence-corrected chi connectivity index (χ4v) is 2.60. The number of carbonyl (C=O) groups excluding carboxylic acids is 1. The van der Waals surface area contributed by atoms with Gasteiger partial charge in [0.2, 0.25) is 0 Å². The van der Waals surface area contributed by atoms with E-state index in [0.717, 1.165) is 35.1 Å². The second kappa shape index (κ2) is 5.00. The number of carbonyl (C=O) groups is 1. The summed E-state index contributed by atoms with van der Waals surface area (Å²) in [6.07, 6.45) is 13.7. The molecule has 3 nitrogen and oxygen atoms in total. The maximum atomic E-state index is 12.4. The molecule has 0 spiro atoms. The molecule has 2 aromatic rings. The van der Waals surface area contributed by atoms with Crippen LogP contribution in [0.3, 0.4) is 0 Å².